The number of aromatic nitrogens is 1. The van der Waals surface area contributed by atoms with Crippen LogP contribution in [-0.2, 0) is 18.6 Å². The highest BCUT2D eigenvalue weighted by Crippen LogP contribution is 2.36. The number of nitrogens with zero attached hydrogens (tertiary/aromatic N) is 1. The van der Waals surface area contributed by atoms with Crippen LogP contribution in [0, 0.1) is 0 Å². The zero-order valence-corrected chi connectivity index (χ0v) is 10.8. The molecule has 0 unspecified atom stereocenters. The van der Waals surface area contributed by atoms with Crippen LogP contribution in [0.15, 0.2) is 48.7 Å². The largest absolute Gasteiger partial charge is 0.384 e. The maximum atomic E-state index is 10.7. The maximum absolute atomic E-state index is 10.7. The van der Waals surface area contributed by atoms with Crippen molar-refractivity contribution >= 4 is 0 Å². The van der Waals surface area contributed by atoms with Crippen molar-refractivity contribution < 1.29 is 5.11 Å². The van der Waals surface area contributed by atoms with E-state index in [1.54, 1.807) is 6.20 Å². The second-order valence-corrected chi connectivity index (χ2v) is 5.11. The number of nitrogens with one attached hydrogen (secondary N) is 1. The molecule has 1 aliphatic rings. The van der Waals surface area contributed by atoms with Crippen LogP contribution in [0.5, 0.6) is 0 Å². The number of benzene rings is 1. The van der Waals surface area contributed by atoms with Gasteiger partial charge in [0.2, 0.25) is 0 Å². The van der Waals surface area contributed by atoms with Crippen molar-refractivity contribution in [1.29, 1.82) is 0 Å². The summed E-state index contributed by atoms with van der Waals surface area (Å²) in [7, 11) is 0. The van der Waals surface area contributed by atoms with Crippen LogP contribution >= 0.6 is 0 Å². The molecule has 2 aromatic rings. The minimum absolute atomic E-state index is 0.570. The molecule has 0 aliphatic heterocycles. The van der Waals surface area contributed by atoms with Crippen molar-refractivity contribution in [2.75, 3.05) is 6.54 Å². The molecule has 1 aromatic heterocycles. The molecule has 3 nitrogen and oxygen atoms in total. The third kappa shape index (κ3) is 2.53. The monoisotopic (exact) mass is 254 g/mol. The van der Waals surface area contributed by atoms with E-state index in [1.807, 2.05) is 36.4 Å². The van der Waals surface area contributed by atoms with Gasteiger partial charge < -0.3 is 10.4 Å². The van der Waals surface area contributed by atoms with E-state index < -0.39 is 5.60 Å². The molecule has 0 fully saturated rings. The Hall–Kier alpha value is -1.71. The maximum Gasteiger partial charge on any atom is 0.103 e. The highest BCUT2D eigenvalue weighted by atomic mass is 16.3. The molecule has 3 rings (SSSR count). The van der Waals surface area contributed by atoms with Crippen LogP contribution in [0.1, 0.15) is 23.2 Å². The van der Waals surface area contributed by atoms with Gasteiger partial charge in [0.1, 0.15) is 5.60 Å². The summed E-state index contributed by atoms with van der Waals surface area (Å²) in [5.41, 5.74) is 2.61. The fraction of sp³-hybridized carbons (Fsp3) is 0.312. The third-order valence-corrected chi connectivity index (χ3v) is 3.78. The van der Waals surface area contributed by atoms with Crippen LogP contribution in [0.3, 0.4) is 0 Å². The second kappa shape index (κ2) is 5.11. The van der Waals surface area contributed by atoms with Crippen molar-refractivity contribution in [3.8, 4) is 0 Å². The van der Waals surface area contributed by atoms with Gasteiger partial charge in [-0.05, 0) is 36.1 Å². The summed E-state index contributed by atoms with van der Waals surface area (Å²) in [4.78, 5) is 4.27. The van der Waals surface area contributed by atoms with Crippen molar-refractivity contribution in [3.05, 3.63) is 65.5 Å². The van der Waals surface area contributed by atoms with Crippen molar-refractivity contribution in [1.82, 2.24) is 10.3 Å². The molecule has 2 N–H and O–H groups in total. The fourth-order valence-corrected chi connectivity index (χ4v) is 2.75. The first-order valence-corrected chi connectivity index (χ1v) is 6.69. The molecule has 1 heterocycles. The molecular formula is C16H18N2O. The Morgan fingerprint density at radius 3 is 2.84 bits per heavy atom. The number of hydrogen-bond donors (Lipinski definition) is 2. The molecule has 0 bridgehead atoms. The molecule has 0 radical (unpaired) electrons. The van der Waals surface area contributed by atoms with Gasteiger partial charge in [-0.15, -0.1) is 0 Å². The predicted octanol–water partition coefficient (Wildman–Crippen LogP) is 2.01. The fourth-order valence-electron chi connectivity index (χ4n) is 2.75. The first kappa shape index (κ1) is 12.3. The Labute approximate surface area is 113 Å². The number of aliphatic hydroxyl groups is 1. The molecule has 98 valence electrons. The first-order chi connectivity index (χ1) is 9.28. The molecule has 1 aliphatic carbocycles. The van der Waals surface area contributed by atoms with E-state index in [0.29, 0.717) is 13.1 Å². The SMILES string of the molecule is O[C@]1(CNCc2ccccn2)CCc2ccccc21. The summed E-state index contributed by atoms with van der Waals surface area (Å²) in [6, 6.07) is 14.0. The lowest BCUT2D eigenvalue weighted by atomic mass is 9.96. The highest BCUT2D eigenvalue weighted by Gasteiger charge is 2.35. The van der Waals surface area contributed by atoms with E-state index in [2.05, 4.69) is 16.4 Å². The lowest BCUT2D eigenvalue weighted by molar-refractivity contribution is 0.0384. The Kier molecular flexibility index (Phi) is 3.32. The standard InChI is InChI=1S/C16H18N2O/c19-16(9-8-13-5-1-2-7-15(13)16)12-17-11-14-6-3-4-10-18-14/h1-7,10,17,19H,8-9,11-12H2/t16-/m0/s1. The summed E-state index contributed by atoms with van der Waals surface area (Å²) >= 11 is 0. The number of hydrogen-bond acceptors (Lipinski definition) is 3. The van der Waals surface area contributed by atoms with E-state index in [9.17, 15) is 5.11 Å². The van der Waals surface area contributed by atoms with E-state index in [0.717, 1.165) is 24.1 Å². The molecule has 0 saturated heterocycles. The van der Waals surface area contributed by atoms with Gasteiger partial charge >= 0.3 is 0 Å². The summed E-state index contributed by atoms with van der Waals surface area (Å²) in [6.45, 7) is 1.26. The molecule has 0 saturated carbocycles. The van der Waals surface area contributed by atoms with Gasteiger partial charge in [0.25, 0.3) is 0 Å². The summed E-state index contributed by atoms with van der Waals surface area (Å²) < 4.78 is 0. The highest BCUT2D eigenvalue weighted by molar-refractivity contribution is 5.37. The van der Waals surface area contributed by atoms with E-state index in [4.69, 9.17) is 0 Å². The van der Waals surface area contributed by atoms with Crippen molar-refractivity contribution in [2.24, 2.45) is 0 Å². The average Bonchev–Trinajstić information content (AvgIpc) is 2.79. The van der Waals surface area contributed by atoms with Gasteiger partial charge in [-0.1, -0.05) is 30.3 Å². The molecule has 19 heavy (non-hydrogen) atoms. The first-order valence-electron chi connectivity index (χ1n) is 6.69. The molecule has 1 atom stereocenters. The van der Waals surface area contributed by atoms with Crippen LogP contribution in [-0.4, -0.2) is 16.6 Å². The van der Waals surface area contributed by atoms with Gasteiger partial charge in [0.15, 0.2) is 0 Å². The van der Waals surface area contributed by atoms with Gasteiger partial charge in [-0.25, -0.2) is 0 Å². The van der Waals surface area contributed by atoms with E-state index in [-0.39, 0.29) is 0 Å². The quantitative estimate of drug-likeness (QED) is 0.877. The summed E-state index contributed by atoms with van der Waals surface area (Å²) in [5.74, 6) is 0. The molecule has 3 heteroatoms. The molecule has 0 spiro atoms. The van der Waals surface area contributed by atoms with Crippen LogP contribution < -0.4 is 5.32 Å². The van der Waals surface area contributed by atoms with Gasteiger partial charge in [0, 0.05) is 19.3 Å². The number of aryl methyl sites for hydroxylation is 1. The van der Waals surface area contributed by atoms with Crippen LogP contribution in [0.2, 0.25) is 0 Å². The second-order valence-electron chi connectivity index (χ2n) is 5.11. The van der Waals surface area contributed by atoms with Gasteiger partial charge in [-0.3, -0.25) is 4.98 Å². The van der Waals surface area contributed by atoms with Crippen molar-refractivity contribution in [2.45, 2.75) is 25.0 Å². The Bertz CT molecular complexity index is 556. The van der Waals surface area contributed by atoms with E-state index >= 15 is 0 Å². The van der Waals surface area contributed by atoms with Crippen molar-refractivity contribution in [3.63, 3.8) is 0 Å². The minimum Gasteiger partial charge on any atom is -0.384 e. The van der Waals surface area contributed by atoms with Gasteiger partial charge in [0.05, 0.1) is 5.69 Å². The summed E-state index contributed by atoms with van der Waals surface area (Å²) in [5, 5.41) is 14.1. The van der Waals surface area contributed by atoms with E-state index in [1.165, 1.54) is 5.56 Å². The molecule has 1 aromatic carbocycles. The zero-order valence-electron chi connectivity index (χ0n) is 10.8. The predicted molar refractivity (Wildman–Crippen MR) is 74.6 cm³/mol. The Morgan fingerprint density at radius 1 is 1.16 bits per heavy atom. The number of rotatable bonds is 4. The number of pyridine rings is 1. The zero-order chi connectivity index (χ0) is 13.1. The van der Waals surface area contributed by atoms with Crippen LogP contribution in [0.25, 0.3) is 0 Å². The van der Waals surface area contributed by atoms with Crippen LogP contribution in [0.4, 0.5) is 0 Å². The number of fused-ring (bicyclic) bond motifs is 1. The Morgan fingerprint density at radius 2 is 2.00 bits per heavy atom. The average molecular weight is 254 g/mol. The molecular weight excluding hydrogens is 236 g/mol. The smallest absolute Gasteiger partial charge is 0.103 e. The normalized spacial score (nSPS) is 21.3. The minimum atomic E-state index is -0.731. The lowest BCUT2D eigenvalue weighted by Crippen LogP contribution is -2.36. The third-order valence-electron chi connectivity index (χ3n) is 3.78. The lowest BCUT2D eigenvalue weighted by Gasteiger charge is -2.24. The Balaban J connectivity index is 1.65. The summed E-state index contributed by atoms with van der Waals surface area (Å²) in [6.07, 6.45) is 3.54. The topological polar surface area (TPSA) is 45.1 Å². The molecule has 0 amide bonds. The van der Waals surface area contributed by atoms with Gasteiger partial charge in [-0.2, -0.15) is 0 Å².